The van der Waals surface area contributed by atoms with Crippen LogP contribution in [0.4, 0.5) is 5.82 Å². The molecule has 0 saturated carbocycles. The van der Waals surface area contributed by atoms with Gasteiger partial charge in [0.15, 0.2) is 0 Å². The number of hydrogen-bond acceptors (Lipinski definition) is 6. The minimum absolute atomic E-state index is 0.0949. The van der Waals surface area contributed by atoms with Crippen molar-refractivity contribution in [2.24, 2.45) is 0 Å². The van der Waals surface area contributed by atoms with Crippen LogP contribution in [0, 0.1) is 6.92 Å². The van der Waals surface area contributed by atoms with Crippen molar-refractivity contribution >= 4 is 39.7 Å². The molecule has 0 amide bonds. The van der Waals surface area contributed by atoms with Gasteiger partial charge in [0, 0.05) is 6.20 Å². The average molecular weight is 469 g/mol. The third-order valence-electron chi connectivity index (χ3n) is 4.15. The number of sulfonamides is 1. The highest BCUT2D eigenvalue weighted by Gasteiger charge is 2.15. The number of anilines is 1. The number of carbonyl (C=O) groups is 2. The van der Waals surface area contributed by atoms with Gasteiger partial charge in [0.25, 0.3) is 10.0 Å². The van der Waals surface area contributed by atoms with E-state index < -0.39 is 16.0 Å². The summed E-state index contributed by atoms with van der Waals surface area (Å²) in [6.45, 7) is 4.82. The van der Waals surface area contributed by atoms with E-state index in [-0.39, 0.29) is 27.8 Å². The van der Waals surface area contributed by atoms with Crippen molar-refractivity contribution in [3.05, 3.63) is 83.0 Å². The number of nitrogens with zero attached hydrogens (tertiary/aromatic N) is 1. The van der Waals surface area contributed by atoms with Crippen molar-refractivity contribution < 1.29 is 28.2 Å². The van der Waals surface area contributed by atoms with Gasteiger partial charge in [-0.3, -0.25) is 4.72 Å². The zero-order valence-electron chi connectivity index (χ0n) is 18.3. The molecule has 0 atom stereocenters. The van der Waals surface area contributed by atoms with Crippen molar-refractivity contribution in [1.29, 1.82) is 0 Å². The Hall–Kier alpha value is -3.98. The molecule has 0 unspecified atom stereocenters. The SMILES string of the molecule is CC(C)=O.Cc1cccnc1NS(=O)(=O)c1ccc(C=Cc2ccc(O)c(C(=O)O)c2)cc1. The number of pyridine rings is 1. The second-order valence-corrected chi connectivity index (χ2v) is 8.85. The maximum atomic E-state index is 12.5. The van der Waals surface area contributed by atoms with Gasteiger partial charge in [-0.15, -0.1) is 0 Å². The molecule has 172 valence electrons. The molecule has 3 rings (SSSR count). The van der Waals surface area contributed by atoms with Crippen LogP contribution < -0.4 is 4.72 Å². The highest BCUT2D eigenvalue weighted by molar-refractivity contribution is 7.92. The molecule has 0 spiro atoms. The average Bonchev–Trinajstić information content (AvgIpc) is 2.74. The van der Waals surface area contributed by atoms with Gasteiger partial charge >= 0.3 is 5.97 Å². The van der Waals surface area contributed by atoms with E-state index in [1.165, 1.54) is 44.3 Å². The zero-order chi connectivity index (χ0) is 24.6. The van der Waals surface area contributed by atoms with Gasteiger partial charge in [0.05, 0.1) is 4.90 Å². The molecule has 33 heavy (non-hydrogen) atoms. The second-order valence-electron chi connectivity index (χ2n) is 7.17. The largest absolute Gasteiger partial charge is 0.507 e. The van der Waals surface area contributed by atoms with E-state index in [9.17, 15) is 23.1 Å². The number of aromatic carboxylic acids is 1. The maximum Gasteiger partial charge on any atom is 0.339 e. The summed E-state index contributed by atoms with van der Waals surface area (Å²) >= 11 is 0. The third-order valence-corrected chi connectivity index (χ3v) is 5.50. The van der Waals surface area contributed by atoms with Crippen LogP contribution >= 0.6 is 0 Å². The van der Waals surface area contributed by atoms with Gasteiger partial charge in [-0.1, -0.05) is 36.4 Å². The number of carbonyl (C=O) groups excluding carboxylic acids is 1. The highest BCUT2D eigenvalue weighted by Crippen LogP contribution is 2.21. The molecule has 1 aromatic heterocycles. The number of nitrogens with one attached hydrogen (secondary N) is 1. The van der Waals surface area contributed by atoms with Crippen molar-refractivity contribution in [3.63, 3.8) is 0 Å². The minimum atomic E-state index is -3.77. The summed E-state index contributed by atoms with van der Waals surface area (Å²) in [6, 6.07) is 13.9. The molecule has 0 saturated heterocycles. The van der Waals surface area contributed by atoms with Crippen LogP contribution in [0.25, 0.3) is 12.2 Å². The summed E-state index contributed by atoms with van der Waals surface area (Å²) in [5.74, 6) is -1.08. The lowest BCUT2D eigenvalue weighted by atomic mass is 10.1. The number of aryl methyl sites for hydroxylation is 1. The Bertz CT molecular complexity index is 1280. The Morgan fingerprint density at radius 2 is 1.55 bits per heavy atom. The molecule has 0 aliphatic rings. The monoisotopic (exact) mass is 468 g/mol. The van der Waals surface area contributed by atoms with Gasteiger partial charge in [0.1, 0.15) is 22.9 Å². The summed E-state index contributed by atoms with van der Waals surface area (Å²) in [5.41, 5.74) is 1.84. The number of benzene rings is 2. The molecule has 9 heteroatoms. The number of ketones is 1. The Labute approximate surface area is 192 Å². The summed E-state index contributed by atoms with van der Waals surface area (Å²) in [5, 5.41) is 18.6. The fourth-order valence-electron chi connectivity index (χ4n) is 2.56. The number of carboxylic acids is 1. The molecule has 8 nitrogen and oxygen atoms in total. The molecule has 0 aliphatic heterocycles. The zero-order valence-corrected chi connectivity index (χ0v) is 19.1. The number of Topliss-reactive ketones (excluding diaryl/α,β-unsaturated/α-hetero) is 1. The van der Waals surface area contributed by atoms with Gasteiger partial charge in [-0.05, 0) is 67.8 Å². The van der Waals surface area contributed by atoms with Gasteiger partial charge in [-0.25, -0.2) is 18.2 Å². The first-order chi connectivity index (χ1) is 15.5. The summed E-state index contributed by atoms with van der Waals surface area (Å²) < 4.78 is 27.5. The van der Waals surface area contributed by atoms with Crippen molar-refractivity contribution in [3.8, 4) is 5.75 Å². The number of phenols is 1. The molecule has 3 N–H and O–H groups in total. The Balaban J connectivity index is 0.000000890. The molecule has 0 aliphatic carbocycles. The van der Waals surface area contributed by atoms with Crippen LogP contribution in [0.15, 0.2) is 65.7 Å². The van der Waals surface area contributed by atoms with Crippen molar-refractivity contribution in [2.45, 2.75) is 25.7 Å². The van der Waals surface area contributed by atoms with E-state index in [2.05, 4.69) is 9.71 Å². The molecular formula is C24H24N2O6S. The fraction of sp³-hybridized carbons (Fsp3) is 0.125. The first-order valence-corrected chi connectivity index (χ1v) is 11.2. The quantitative estimate of drug-likeness (QED) is 0.458. The first-order valence-electron chi connectivity index (χ1n) is 9.75. The summed E-state index contributed by atoms with van der Waals surface area (Å²) in [4.78, 5) is 24.7. The molecule has 0 radical (unpaired) electrons. The van der Waals surface area contributed by atoms with E-state index in [1.54, 1.807) is 49.4 Å². The third kappa shape index (κ3) is 7.58. The standard InChI is InChI=1S/C21H18N2O5S.C3H6O/c1-14-3-2-12-22-20(14)23-29(27,28)17-9-6-15(7-10-17)4-5-16-8-11-19(24)18(13-16)21(25)26;1-3(2)4/h2-13,24H,1H3,(H,22,23)(H,25,26);1-2H3. The lowest BCUT2D eigenvalue weighted by Gasteiger charge is -2.09. The van der Waals surface area contributed by atoms with Crippen molar-refractivity contribution in [2.75, 3.05) is 4.72 Å². The van der Waals surface area contributed by atoms with Crippen LogP contribution in [-0.4, -0.2) is 35.4 Å². The molecule has 0 fully saturated rings. The van der Waals surface area contributed by atoms with E-state index >= 15 is 0 Å². The summed E-state index contributed by atoms with van der Waals surface area (Å²) in [6.07, 6.45) is 4.90. The second kappa shape index (κ2) is 11.1. The van der Waals surface area contributed by atoms with Crippen molar-refractivity contribution in [1.82, 2.24) is 4.98 Å². The number of aromatic nitrogens is 1. The predicted molar refractivity (Wildman–Crippen MR) is 127 cm³/mol. The number of hydrogen-bond donors (Lipinski definition) is 3. The Morgan fingerprint density at radius 3 is 2.12 bits per heavy atom. The molecule has 0 bridgehead atoms. The lowest BCUT2D eigenvalue weighted by molar-refractivity contribution is -0.115. The smallest absolute Gasteiger partial charge is 0.339 e. The predicted octanol–water partition coefficient (Wildman–Crippen LogP) is 4.36. The van der Waals surface area contributed by atoms with Crippen LogP contribution in [0.1, 0.15) is 40.9 Å². The molecule has 2 aromatic carbocycles. The number of carboxylic acid groups (broad SMARTS) is 1. The Kier molecular flexibility index (Phi) is 8.47. The fourth-order valence-corrected chi connectivity index (χ4v) is 3.64. The van der Waals surface area contributed by atoms with Crippen LogP contribution in [-0.2, 0) is 14.8 Å². The van der Waals surface area contributed by atoms with Gasteiger partial charge < -0.3 is 15.0 Å². The lowest BCUT2D eigenvalue weighted by Crippen LogP contribution is -2.14. The first kappa shape index (κ1) is 25.3. The molecular weight excluding hydrogens is 444 g/mol. The van der Waals surface area contributed by atoms with Gasteiger partial charge in [-0.2, -0.15) is 0 Å². The van der Waals surface area contributed by atoms with Gasteiger partial charge in [0.2, 0.25) is 0 Å². The molecule has 3 aromatic rings. The highest BCUT2D eigenvalue weighted by atomic mass is 32.2. The van der Waals surface area contributed by atoms with E-state index in [0.717, 1.165) is 5.56 Å². The number of aromatic hydroxyl groups is 1. The summed E-state index contributed by atoms with van der Waals surface area (Å²) in [7, 11) is -3.77. The topological polar surface area (TPSA) is 134 Å². The Morgan fingerprint density at radius 1 is 0.970 bits per heavy atom. The van der Waals surface area contributed by atoms with Crippen LogP contribution in [0.5, 0.6) is 5.75 Å². The van der Waals surface area contributed by atoms with E-state index in [0.29, 0.717) is 11.1 Å². The number of rotatable bonds is 6. The van der Waals surface area contributed by atoms with Crippen LogP contribution in [0.2, 0.25) is 0 Å². The van der Waals surface area contributed by atoms with Crippen LogP contribution in [0.3, 0.4) is 0 Å². The van der Waals surface area contributed by atoms with E-state index in [1.807, 2.05) is 0 Å². The minimum Gasteiger partial charge on any atom is -0.507 e. The maximum absolute atomic E-state index is 12.5. The normalized spacial score (nSPS) is 10.9. The van der Waals surface area contributed by atoms with E-state index in [4.69, 9.17) is 5.11 Å². The molecule has 1 heterocycles.